The van der Waals surface area contributed by atoms with Crippen LogP contribution in [0, 0.1) is 0 Å². The molecule has 0 bridgehead atoms. The van der Waals surface area contributed by atoms with Crippen LogP contribution in [0.15, 0.2) is 23.8 Å². The lowest BCUT2D eigenvalue weighted by atomic mass is 10.2. The van der Waals surface area contributed by atoms with Crippen LogP contribution in [0.3, 0.4) is 0 Å². The van der Waals surface area contributed by atoms with Crippen LogP contribution in [0.2, 0.25) is 0 Å². The lowest BCUT2D eigenvalue weighted by molar-refractivity contribution is 1.17. The van der Waals surface area contributed by atoms with Crippen LogP contribution in [0.25, 0.3) is 0 Å². The zero-order valence-corrected chi connectivity index (χ0v) is 8.22. The fourth-order valence-corrected chi connectivity index (χ4v) is 0.483. The largest absolute Gasteiger partial charge is 0.327 e. The molecule has 0 amide bonds. The minimum atomic E-state index is 0.650. The van der Waals surface area contributed by atoms with E-state index in [1.165, 1.54) is 5.57 Å². The van der Waals surface area contributed by atoms with Gasteiger partial charge in [0, 0.05) is 6.54 Å². The molecule has 66 valence electrons. The van der Waals surface area contributed by atoms with E-state index >= 15 is 0 Å². The van der Waals surface area contributed by atoms with Crippen molar-refractivity contribution in [2.75, 3.05) is 6.54 Å². The van der Waals surface area contributed by atoms with Gasteiger partial charge in [0.2, 0.25) is 0 Å². The van der Waals surface area contributed by atoms with Crippen LogP contribution in [-0.4, -0.2) is 6.54 Å². The lowest BCUT2D eigenvalue weighted by Gasteiger charge is -1.89. The fourth-order valence-electron chi connectivity index (χ4n) is 0.483. The van der Waals surface area contributed by atoms with Gasteiger partial charge < -0.3 is 5.73 Å². The van der Waals surface area contributed by atoms with Crippen LogP contribution in [0.4, 0.5) is 0 Å². The van der Waals surface area contributed by atoms with Gasteiger partial charge in [-0.25, -0.2) is 0 Å². The smallest absolute Gasteiger partial charge is 0.0106 e. The van der Waals surface area contributed by atoms with Crippen molar-refractivity contribution in [3.8, 4) is 0 Å². The Hall–Kier alpha value is -0.560. The Labute approximate surface area is 71.0 Å². The molecule has 0 atom stereocenters. The highest BCUT2D eigenvalue weighted by Crippen LogP contribution is 1.98. The van der Waals surface area contributed by atoms with Gasteiger partial charge in [0.05, 0.1) is 0 Å². The standard InChI is InChI=1S/C8H15N.C2H6/c1-3-8(2)6-4-5-7-9;1-2/h3-5H,6-7,9H2,1-2H3;1-2H3/b5-4-,8-3-;. The van der Waals surface area contributed by atoms with Crippen molar-refractivity contribution in [1.82, 2.24) is 0 Å². The average molecular weight is 155 g/mol. The Morgan fingerprint density at radius 3 is 2.18 bits per heavy atom. The molecule has 0 radical (unpaired) electrons. The minimum absolute atomic E-state index is 0.650. The van der Waals surface area contributed by atoms with Crippen molar-refractivity contribution in [3.63, 3.8) is 0 Å². The molecule has 0 unspecified atom stereocenters. The molecule has 0 fully saturated rings. The highest BCUT2D eigenvalue weighted by Gasteiger charge is 1.78. The molecule has 1 nitrogen and oxygen atoms in total. The van der Waals surface area contributed by atoms with Gasteiger partial charge >= 0.3 is 0 Å². The third kappa shape index (κ3) is 12.6. The van der Waals surface area contributed by atoms with Crippen molar-refractivity contribution in [2.45, 2.75) is 34.1 Å². The summed E-state index contributed by atoms with van der Waals surface area (Å²) < 4.78 is 0. The number of allylic oxidation sites excluding steroid dienone is 3. The van der Waals surface area contributed by atoms with Gasteiger partial charge in [-0.05, 0) is 20.3 Å². The van der Waals surface area contributed by atoms with E-state index in [0.29, 0.717) is 6.54 Å². The number of nitrogens with two attached hydrogens (primary N) is 1. The Morgan fingerprint density at radius 2 is 1.82 bits per heavy atom. The summed E-state index contributed by atoms with van der Waals surface area (Å²) in [7, 11) is 0. The first-order valence-corrected chi connectivity index (χ1v) is 4.28. The van der Waals surface area contributed by atoms with Crippen molar-refractivity contribution in [2.24, 2.45) is 5.73 Å². The molecule has 2 N–H and O–H groups in total. The highest BCUT2D eigenvalue weighted by atomic mass is 14.5. The zero-order valence-electron chi connectivity index (χ0n) is 8.22. The Kier molecular flexibility index (Phi) is 14.4. The van der Waals surface area contributed by atoms with E-state index in [4.69, 9.17) is 5.73 Å². The van der Waals surface area contributed by atoms with Crippen molar-refractivity contribution >= 4 is 0 Å². The molecule has 0 saturated carbocycles. The van der Waals surface area contributed by atoms with Gasteiger partial charge in [-0.15, -0.1) is 0 Å². The van der Waals surface area contributed by atoms with Crippen molar-refractivity contribution < 1.29 is 0 Å². The van der Waals surface area contributed by atoms with E-state index in [2.05, 4.69) is 19.1 Å². The predicted molar refractivity (Wildman–Crippen MR) is 53.6 cm³/mol. The zero-order chi connectivity index (χ0) is 9.11. The fraction of sp³-hybridized carbons (Fsp3) is 0.600. The molecular formula is C10H21N. The van der Waals surface area contributed by atoms with Crippen LogP contribution in [0.5, 0.6) is 0 Å². The average Bonchev–Trinajstić information content (AvgIpc) is 2.08. The van der Waals surface area contributed by atoms with Crippen molar-refractivity contribution in [1.29, 1.82) is 0 Å². The topological polar surface area (TPSA) is 26.0 Å². The summed E-state index contributed by atoms with van der Waals surface area (Å²) in [5.74, 6) is 0. The summed E-state index contributed by atoms with van der Waals surface area (Å²) in [6.45, 7) is 8.81. The first kappa shape index (κ1) is 13.1. The van der Waals surface area contributed by atoms with Gasteiger partial charge in [0.15, 0.2) is 0 Å². The Balaban J connectivity index is 0. The molecule has 0 aliphatic carbocycles. The van der Waals surface area contributed by atoms with Crippen molar-refractivity contribution in [3.05, 3.63) is 23.8 Å². The van der Waals surface area contributed by atoms with E-state index in [-0.39, 0.29) is 0 Å². The number of hydrogen-bond acceptors (Lipinski definition) is 1. The molecular weight excluding hydrogens is 134 g/mol. The molecule has 0 saturated heterocycles. The lowest BCUT2D eigenvalue weighted by Crippen LogP contribution is -1.91. The molecule has 0 aliphatic rings. The highest BCUT2D eigenvalue weighted by molar-refractivity contribution is 5.02. The normalized spacial score (nSPS) is 11.2. The van der Waals surface area contributed by atoms with Gasteiger partial charge in [-0.2, -0.15) is 0 Å². The summed E-state index contributed by atoms with van der Waals surface area (Å²) >= 11 is 0. The quantitative estimate of drug-likeness (QED) is 0.623. The first-order chi connectivity index (χ1) is 5.31. The minimum Gasteiger partial charge on any atom is -0.327 e. The number of rotatable bonds is 3. The summed E-state index contributed by atoms with van der Waals surface area (Å²) in [4.78, 5) is 0. The molecule has 1 heteroatoms. The summed E-state index contributed by atoms with van der Waals surface area (Å²) in [5.41, 5.74) is 6.64. The van der Waals surface area contributed by atoms with E-state index < -0.39 is 0 Å². The van der Waals surface area contributed by atoms with E-state index in [1.807, 2.05) is 26.8 Å². The van der Waals surface area contributed by atoms with Crippen LogP contribution in [-0.2, 0) is 0 Å². The van der Waals surface area contributed by atoms with Crippen LogP contribution >= 0.6 is 0 Å². The molecule has 0 aromatic heterocycles. The molecule has 11 heavy (non-hydrogen) atoms. The monoisotopic (exact) mass is 155 g/mol. The van der Waals surface area contributed by atoms with E-state index in [0.717, 1.165) is 6.42 Å². The summed E-state index contributed by atoms with van der Waals surface area (Å²) in [5, 5.41) is 0. The van der Waals surface area contributed by atoms with E-state index in [9.17, 15) is 0 Å². The molecule has 0 aromatic carbocycles. The maximum atomic E-state index is 5.25. The van der Waals surface area contributed by atoms with Gasteiger partial charge in [-0.1, -0.05) is 37.6 Å². The molecule has 0 rings (SSSR count). The Bertz CT molecular complexity index is 112. The van der Waals surface area contributed by atoms with Gasteiger partial charge in [-0.3, -0.25) is 0 Å². The number of hydrogen-bond donors (Lipinski definition) is 1. The molecule has 0 heterocycles. The maximum absolute atomic E-state index is 5.25. The first-order valence-electron chi connectivity index (χ1n) is 4.28. The summed E-state index contributed by atoms with van der Waals surface area (Å²) in [6, 6.07) is 0. The second-order valence-electron chi connectivity index (χ2n) is 2.05. The maximum Gasteiger partial charge on any atom is 0.0106 e. The van der Waals surface area contributed by atoms with Gasteiger partial charge in [0.25, 0.3) is 0 Å². The summed E-state index contributed by atoms with van der Waals surface area (Å²) in [6.07, 6.45) is 7.22. The van der Waals surface area contributed by atoms with E-state index in [1.54, 1.807) is 0 Å². The van der Waals surface area contributed by atoms with Gasteiger partial charge in [0.1, 0.15) is 0 Å². The molecule has 0 aliphatic heterocycles. The SMILES string of the molecule is C/C=C(/C)C/C=C\CN.CC. The second-order valence-corrected chi connectivity index (χ2v) is 2.05. The second kappa shape index (κ2) is 12.1. The van der Waals surface area contributed by atoms with Crippen LogP contribution < -0.4 is 5.73 Å². The predicted octanol–water partition coefficient (Wildman–Crippen LogP) is 2.88. The molecule has 0 aromatic rings. The Morgan fingerprint density at radius 1 is 1.27 bits per heavy atom. The third-order valence-corrected chi connectivity index (χ3v) is 1.24. The molecule has 0 spiro atoms. The van der Waals surface area contributed by atoms with Crippen LogP contribution in [0.1, 0.15) is 34.1 Å². The third-order valence-electron chi connectivity index (χ3n) is 1.24.